The Morgan fingerprint density at radius 3 is 2.41 bits per heavy atom. The smallest absolute Gasteiger partial charge is 0.326 e. The lowest BCUT2D eigenvalue weighted by atomic mass is 9.91. The summed E-state index contributed by atoms with van der Waals surface area (Å²) >= 11 is 0. The lowest BCUT2D eigenvalue weighted by Crippen LogP contribution is -2.62. The van der Waals surface area contributed by atoms with Crippen molar-refractivity contribution >= 4 is 11.9 Å². The second-order valence-electron chi connectivity index (χ2n) is 4.19. The van der Waals surface area contributed by atoms with Crippen LogP contribution in [0.1, 0.15) is 11.6 Å². The molecule has 1 fully saturated rings. The summed E-state index contributed by atoms with van der Waals surface area (Å²) in [6.07, 6.45) is -1.12. The van der Waals surface area contributed by atoms with Crippen molar-refractivity contribution in [3.63, 3.8) is 0 Å². The summed E-state index contributed by atoms with van der Waals surface area (Å²) in [5, 5.41) is 9.67. The average Bonchev–Trinajstić information content (AvgIpc) is 2.34. The fraction of sp³-hybridized carbons (Fsp3) is 0.333. The van der Waals surface area contributed by atoms with Gasteiger partial charge in [0.2, 0.25) is 0 Å². The second-order valence-corrected chi connectivity index (χ2v) is 4.19. The summed E-state index contributed by atoms with van der Waals surface area (Å²) in [4.78, 5) is 25.7. The summed E-state index contributed by atoms with van der Waals surface area (Å²) in [6, 6.07) is 8.06. The van der Waals surface area contributed by atoms with Crippen molar-refractivity contribution in [3.8, 4) is 0 Å². The van der Waals surface area contributed by atoms with Crippen LogP contribution in [0.5, 0.6) is 0 Å². The van der Waals surface area contributed by atoms with Crippen LogP contribution < -0.4 is 0 Å². The van der Waals surface area contributed by atoms with Gasteiger partial charge in [-0.1, -0.05) is 30.3 Å². The van der Waals surface area contributed by atoms with Crippen LogP contribution in [-0.2, 0) is 4.79 Å². The Balaban J connectivity index is 2.28. The van der Waals surface area contributed by atoms with E-state index >= 15 is 0 Å². The quantitative estimate of drug-likeness (QED) is 0.724. The van der Waals surface area contributed by atoms with Crippen molar-refractivity contribution in [2.45, 2.75) is 12.1 Å². The van der Waals surface area contributed by atoms with Crippen molar-refractivity contribution in [2.75, 3.05) is 14.1 Å². The van der Waals surface area contributed by atoms with Gasteiger partial charge in [0, 0.05) is 14.1 Å². The van der Waals surface area contributed by atoms with Crippen LogP contribution in [0.25, 0.3) is 0 Å². The van der Waals surface area contributed by atoms with E-state index in [1.165, 1.54) is 4.90 Å². The number of hydrogen-bond acceptors (Lipinski definition) is 3. The monoisotopic (exact) mass is 234 g/mol. The minimum absolute atomic E-state index is 0.408. The van der Waals surface area contributed by atoms with E-state index in [1.807, 2.05) is 18.2 Å². The zero-order valence-corrected chi connectivity index (χ0v) is 9.70. The highest BCUT2D eigenvalue weighted by Crippen LogP contribution is 2.35. The Hall–Kier alpha value is -1.88. The van der Waals surface area contributed by atoms with E-state index in [2.05, 4.69) is 0 Å². The number of carbonyl (C=O) groups is 2. The molecule has 1 aromatic carbocycles. The molecule has 5 nitrogen and oxygen atoms in total. The van der Waals surface area contributed by atoms with Gasteiger partial charge in [0.05, 0.1) is 0 Å². The van der Waals surface area contributed by atoms with E-state index in [-0.39, 0.29) is 0 Å². The molecule has 5 heteroatoms. The number of likely N-dealkylation sites (tertiary alicyclic amines) is 1. The number of hydrogen-bond donors (Lipinski definition) is 1. The van der Waals surface area contributed by atoms with Crippen molar-refractivity contribution < 1.29 is 14.7 Å². The summed E-state index contributed by atoms with van der Waals surface area (Å²) < 4.78 is 0. The molecule has 0 bridgehead atoms. The topological polar surface area (TPSA) is 60.9 Å². The molecule has 0 radical (unpaired) electrons. The van der Waals surface area contributed by atoms with Crippen LogP contribution in [-0.4, -0.2) is 47.0 Å². The maximum Gasteiger partial charge on any atom is 0.326 e. The normalized spacial score (nSPS) is 23.2. The molecule has 17 heavy (non-hydrogen) atoms. The first kappa shape index (κ1) is 11.6. The second kappa shape index (κ2) is 4.18. The third-order valence-electron chi connectivity index (χ3n) is 2.80. The Kier molecular flexibility index (Phi) is 2.85. The molecule has 0 saturated carbocycles. The van der Waals surface area contributed by atoms with Crippen LogP contribution in [0.4, 0.5) is 4.79 Å². The SMILES string of the molecule is CN(C)C(=O)N1C(=O)[C@H](O)[C@@H]1c1ccccc1. The van der Waals surface area contributed by atoms with Gasteiger partial charge in [0.25, 0.3) is 5.91 Å². The van der Waals surface area contributed by atoms with Crippen LogP contribution >= 0.6 is 0 Å². The van der Waals surface area contributed by atoms with Gasteiger partial charge in [0.15, 0.2) is 6.10 Å². The van der Waals surface area contributed by atoms with Crippen LogP contribution in [0, 0.1) is 0 Å². The van der Waals surface area contributed by atoms with Crippen LogP contribution in [0.15, 0.2) is 30.3 Å². The fourth-order valence-corrected chi connectivity index (χ4v) is 1.88. The van der Waals surface area contributed by atoms with Gasteiger partial charge in [-0.05, 0) is 5.56 Å². The van der Waals surface area contributed by atoms with E-state index in [9.17, 15) is 14.7 Å². The number of benzene rings is 1. The third kappa shape index (κ3) is 1.78. The maximum absolute atomic E-state index is 11.8. The molecule has 0 aromatic heterocycles. The van der Waals surface area contributed by atoms with E-state index in [0.717, 1.165) is 10.5 Å². The molecule has 0 unspecified atom stereocenters. The summed E-state index contributed by atoms with van der Waals surface area (Å²) in [5.41, 5.74) is 0.759. The number of nitrogens with zero attached hydrogens (tertiary/aromatic N) is 2. The molecule has 1 aliphatic rings. The number of β-lactam (4-membered cyclic amide) rings is 1. The van der Waals surface area contributed by atoms with Crippen molar-refractivity contribution in [2.24, 2.45) is 0 Å². The number of urea groups is 1. The molecule has 1 heterocycles. The van der Waals surface area contributed by atoms with Crippen LogP contribution in [0.2, 0.25) is 0 Å². The number of amides is 3. The van der Waals surface area contributed by atoms with Crippen LogP contribution in [0.3, 0.4) is 0 Å². The zero-order chi connectivity index (χ0) is 12.6. The molecule has 0 aliphatic carbocycles. The van der Waals surface area contributed by atoms with E-state index in [0.29, 0.717) is 0 Å². The molecule has 2 atom stereocenters. The molecular formula is C12H14N2O3. The molecule has 1 saturated heterocycles. The van der Waals surface area contributed by atoms with Gasteiger partial charge in [-0.2, -0.15) is 0 Å². The van der Waals surface area contributed by atoms with Gasteiger partial charge in [-0.3, -0.25) is 9.69 Å². The van der Waals surface area contributed by atoms with Gasteiger partial charge >= 0.3 is 6.03 Å². The highest BCUT2D eigenvalue weighted by atomic mass is 16.3. The Bertz CT molecular complexity index is 444. The Morgan fingerprint density at radius 2 is 1.88 bits per heavy atom. The predicted octanol–water partition coefficient (Wildman–Crippen LogP) is 0.612. The lowest BCUT2D eigenvalue weighted by molar-refractivity contribution is -0.160. The van der Waals surface area contributed by atoms with Gasteiger partial charge in [0.1, 0.15) is 6.04 Å². The number of imide groups is 1. The van der Waals surface area contributed by atoms with E-state index in [4.69, 9.17) is 0 Å². The highest BCUT2D eigenvalue weighted by molar-refractivity contribution is 6.02. The number of carbonyl (C=O) groups excluding carboxylic acids is 2. The molecular weight excluding hydrogens is 220 g/mol. The first-order valence-corrected chi connectivity index (χ1v) is 5.31. The van der Waals surface area contributed by atoms with Crippen molar-refractivity contribution in [3.05, 3.63) is 35.9 Å². The summed E-state index contributed by atoms with van der Waals surface area (Å²) in [5.74, 6) is -0.544. The number of aliphatic hydroxyl groups excluding tert-OH is 1. The number of rotatable bonds is 1. The van der Waals surface area contributed by atoms with Crippen molar-refractivity contribution in [1.82, 2.24) is 9.80 Å². The molecule has 1 N–H and O–H groups in total. The first-order chi connectivity index (χ1) is 8.04. The average molecular weight is 234 g/mol. The van der Waals surface area contributed by atoms with Gasteiger partial charge in [-0.15, -0.1) is 0 Å². The fourth-order valence-electron chi connectivity index (χ4n) is 1.88. The van der Waals surface area contributed by atoms with Gasteiger partial charge < -0.3 is 10.0 Å². The van der Waals surface area contributed by atoms with E-state index in [1.54, 1.807) is 26.2 Å². The maximum atomic E-state index is 11.8. The minimum Gasteiger partial charge on any atom is -0.381 e. The molecule has 90 valence electrons. The standard InChI is InChI=1S/C12H14N2O3/c1-13(2)12(17)14-9(10(15)11(14)16)8-6-4-3-5-7-8/h3-7,9-10,15H,1-2H3/t9-,10+/m0/s1. The predicted molar refractivity (Wildman–Crippen MR) is 61.1 cm³/mol. The summed E-state index contributed by atoms with van der Waals surface area (Å²) in [6.45, 7) is 0. The van der Waals surface area contributed by atoms with E-state index < -0.39 is 24.1 Å². The first-order valence-electron chi connectivity index (χ1n) is 5.31. The molecule has 1 aromatic rings. The Morgan fingerprint density at radius 1 is 1.29 bits per heavy atom. The van der Waals surface area contributed by atoms with Crippen molar-refractivity contribution in [1.29, 1.82) is 0 Å². The lowest BCUT2D eigenvalue weighted by Gasteiger charge is -2.43. The summed E-state index contributed by atoms with van der Waals surface area (Å²) in [7, 11) is 3.14. The largest absolute Gasteiger partial charge is 0.381 e. The van der Waals surface area contributed by atoms with Gasteiger partial charge in [-0.25, -0.2) is 4.79 Å². The minimum atomic E-state index is -1.12. The Labute approximate surface area is 99.3 Å². The molecule has 0 spiro atoms. The highest BCUT2D eigenvalue weighted by Gasteiger charge is 2.51. The third-order valence-corrected chi connectivity index (χ3v) is 2.80. The molecule has 3 amide bonds. The zero-order valence-electron chi connectivity index (χ0n) is 9.70. The molecule has 2 rings (SSSR count). The molecule has 1 aliphatic heterocycles. The number of aliphatic hydroxyl groups is 1.